The van der Waals surface area contributed by atoms with Gasteiger partial charge in [0.05, 0.1) is 0 Å². The van der Waals surface area contributed by atoms with E-state index < -0.39 is 0 Å². The minimum atomic E-state index is -0.172. The van der Waals surface area contributed by atoms with Crippen LogP contribution in [0.4, 0.5) is 16.5 Å². The van der Waals surface area contributed by atoms with Crippen LogP contribution in [0.5, 0.6) is 0 Å². The second-order valence-electron chi connectivity index (χ2n) is 6.59. The fourth-order valence-electron chi connectivity index (χ4n) is 3.37. The number of piperidine rings is 1. The van der Waals surface area contributed by atoms with Gasteiger partial charge in [0.25, 0.3) is 5.91 Å². The number of rotatable bonds is 5. The number of thiazole rings is 1. The molecule has 0 aliphatic carbocycles. The fourth-order valence-corrected chi connectivity index (χ4v) is 4.08. The Kier molecular flexibility index (Phi) is 7.78. The highest BCUT2D eigenvalue weighted by Gasteiger charge is 2.20. The number of benzene rings is 2. The highest BCUT2D eigenvalue weighted by atomic mass is 32.1. The number of hydrogen-bond donors (Lipinski definition) is 3. The van der Waals surface area contributed by atoms with Crippen LogP contribution >= 0.6 is 11.3 Å². The Hall–Kier alpha value is -2.70. The molecule has 3 N–H and O–H groups in total. The average Bonchev–Trinajstić information content (AvgIpc) is 3.25. The third-order valence-corrected chi connectivity index (χ3v) is 5.51. The molecular formula is C23H28N4OS. The van der Waals surface area contributed by atoms with Crippen molar-refractivity contribution in [3.05, 3.63) is 71.2 Å². The minimum absolute atomic E-state index is 0.172. The van der Waals surface area contributed by atoms with Gasteiger partial charge in [-0.1, -0.05) is 50.2 Å². The second kappa shape index (κ2) is 10.7. The summed E-state index contributed by atoms with van der Waals surface area (Å²) in [6.07, 6.45) is 2.18. The Morgan fingerprint density at radius 2 is 1.72 bits per heavy atom. The molecule has 152 valence electrons. The predicted octanol–water partition coefficient (Wildman–Crippen LogP) is 5.63. The van der Waals surface area contributed by atoms with Gasteiger partial charge in [0, 0.05) is 16.8 Å². The third-order valence-electron chi connectivity index (χ3n) is 4.75. The van der Waals surface area contributed by atoms with Gasteiger partial charge in [0.2, 0.25) is 0 Å². The van der Waals surface area contributed by atoms with Crippen LogP contribution in [-0.2, 0) is 0 Å². The minimum Gasteiger partial charge on any atom is -0.332 e. The van der Waals surface area contributed by atoms with Crippen molar-refractivity contribution in [2.24, 2.45) is 0 Å². The van der Waals surface area contributed by atoms with E-state index in [1.807, 2.05) is 62.4 Å². The highest BCUT2D eigenvalue weighted by molar-refractivity contribution is 7.14. The first-order chi connectivity index (χ1) is 14.3. The molecule has 1 saturated heterocycles. The third kappa shape index (κ3) is 5.65. The summed E-state index contributed by atoms with van der Waals surface area (Å²) in [6, 6.07) is 17.9. The maximum atomic E-state index is 12.7. The summed E-state index contributed by atoms with van der Waals surface area (Å²) in [5.41, 5.74) is 3.48. The number of aromatic nitrogens is 1. The van der Waals surface area contributed by atoms with E-state index in [0.717, 1.165) is 37.3 Å². The standard InChI is InChI=1S/C21H22N4OS.C2H6/c26-20(19-14-27-21(25-19)23-16-6-2-1-3-7-16)24-18-9-5-4-8-17(18)15-10-12-22-13-11-15;1-2/h1-9,14-15,22H,10-13H2,(H,23,25)(H,24,26);1-2H3. The van der Waals surface area contributed by atoms with Crippen LogP contribution in [0.15, 0.2) is 60.0 Å². The molecular weight excluding hydrogens is 380 g/mol. The van der Waals surface area contributed by atoms with Gasteiger partial charge in [-0.25, -0.2) is 4.98 Å². The van der Waals surface area contributed by atoms with Crippen LogP contribution in [0, 0.1) is 0 Å². The van der Waals surface area contributed by atoms with E-state index in [1.54, 1.807) is 5.38 Å². The van der Waals surface area contributed by atoms with Gasteiger partial charge in [-0.05, 0) is 55.6 Å². The fraction of sp³-hybridized carbons (Fsp3) is 0.304. The lowest BCUT2D eigenvalue weighted by Gasteiger charge is -2.25. The largest absolute Gasteiger partial charge is 0.332 e. The van der Waals surface area contributed by atoms with E-state index in [9.17, 15) is 4.79 Å². The van der Waals surface area contributed by atoms with Crippen LogP contribution in [0.2, 0.25) is 0 Å². The van der Waals surface area contributed by atoms with Crippen LogP contribution in [0.1, 0.15) is 48.7 Å². The number of carbonyl (C=O) groups is 1. The molecule has 29 heavy (non-hydrogen) atoms. The van der Waals surface area contributed by atoms with Crippen molar-refractivity contribution in [1.82, 2.24) is 10.3 Å². The van der Waals surface area contributed by atoms with Crippen molar-refractivity contribution < 1.29 is 4.79 Å². The smallest absolute Gasteiger partial charge is 0.275 e. The number of hydrogen-bond acceptors (Lipinski definition) is 5. The molecule has 0 saturated carbocycles. The summed E-state index contributed by atoms with van der Waals surface area (Å²) >= 11 is 1.42. The van der Waals surface area contributed by atoms with E-state index in [4.69, 9.17) is 0 Å². The second-order valence-corrected chi connectivity index (χ2v) is 7.45. The molecule has 1 aliphatic heterocycles. The maximum absolute atomic E-state index is 12.7. The van der Waals surface area contributed by atoms with E-state index >= 15 is 0 Å². The van der Waals surface area contributed by atoms with Gasteiger partial charge in [-0.3, -0.25) is 4.79 Å². The molecule has 1 aromatic heterocycles. The molecule has 0 unspecified atom stereocenters. The lowest BCUT2D eigenvalue weighted by atomic mass is 9.89. The first kappa shape index (κ1) is 21.0. The summed E-state index contributed by atoms with van der Waals surface area (Å²) in [4.78, 5) is 17.1. The lowest BCUT2D eigenvalue weighted by molar-refractivity contribution is 0.102. The Balaban J connectivity index is 0.00000117. The van der Waals surface area contributed by atoms with Crippen LogP contribution in [0.3, 0.4) is 0 Å². The SMILES string of the molecule is CC.O=C(Nc1ccccc1C1CCNCC1)c1csc(Nc2ccccc2)n1. The van der Waals surface area contributed by atoms with Gasteiger partial charge in [-0.15, -0.1) is 11.3 Å². The molecule has 1 fully saturated rings. The zero-order valence-corrected chi connectivity index (χ0v) is 17.8. The number of para-hydroxylation sites is 2. The summed E-state index contributed by atoms with van der Waals surface area (Å²) in [5.74, 6) is 0.308. The quantitative estimate of drug-likeness (QED) is 0.512. The van der Waals surface area contributed by atoms with Crippen molar-refractivity contribution in [3.8, 4) is 0 Å². The zero-order chi connectivity index (χ0) is 20.5. The number of nitrogens with zero attached hydrogens (tertiary/aromatic N) is 1. The average molecular weight is 409 g/mol. The predicted molar refractivity (Wildman–Crippen MR) is 122 cm³/mol. The van der Waals surface area contributed by atoms with Gasteiger partial charge >= 0.3 is 0 Å². The van der Waals surface area contributed by atoms with Crippen molar-refractivity contribution in [2.45, 2.75) is 32.6 Å². The monoisotopic (exact) mass is 408 g/mol. The normalized spacial score (nSPS) is 13.9. The molecule has 3 aromatic rings. The molecule has 0 bridgehead atoms. The molecule has 0 radical (unpaired) electrons. The van der Waals surface area contributed by atoms with E-state index in [0.29, 0.717) is 16.7 Å². The zero-order valence-electron chi connectivity index (χ0n) is 16.9. The molecule has 6 heteroatoms. The van der Waals surface area contributed by atoms with Crippen molar-refractivity contribution in [3.63, 3.8) is 0 Å². The molecule has 2 aromatic carbocycles. The Bertz CT molecular complexity index is 904. The molecule has 2 heterocycles. The maximum Gasteiger partial charge on any atom is 0.275 e. The number of nitrogens with one attached hydrogen (secondary N) is 3. The molecule has 4 rings (SSSR count). The van der Waals surface area contributed by atoms with Gasteiger partial charge in [-0.2, -0.15) is 0 Å². The first-order valence-electron chi connectivity index (χ1n) is 10.2. The molecule has 0 atom stereocenters. The van der Waals surface area contributed by atoms with Crippen LogP contribution in [0.25, 0.3) is 0 Å². The Morgan fingerprint density at radius 1 is 1.03 bits per heavy atom. The topological polar surface area (TPSA) is 66.1 Å². The van der Waals surface area contributed by atoms with Crippen LogP contribution < -0.4 is 16.0 Å². The number of carbonyl (C=O) groups excluding carboxylic acids is 1. The van der Waals surface area contributed by atoms with E-state index in [-0.39, 0.29) is 5.91 Å². The summed E-state index contributed by atoms with van der Waals surface area (Å²) in [5, 5.41) is 12.2. The van der Waals surface area contributed by atoms with Crippen molar-refractivity contribution in [2.75, 3.05) is 23.7 Å². The molecule has 0 spiro atoms. The van der Waals surface area contributed by atoms with E-state index in [2.05, 4.69) is 27.0 Å². The molecule has 1 aliphatic rings. The molecule has 1 amide bonds. The van der Waals surface area contributed by atoms with Crippen molar-refractivity contribution in [1.29, 1.82) is 0 Å². The van der Waals surface area contributed by atoms with E-state index in [1.165, 1.54) is 16.9 Å². The number of amides is 1. The highest BCUT2D eigenvalue weighted by Crippen LogP contribution is 2.31. The van der Waals surface area contributed by atoms with Gasteiger partial charge in [0.15, 0.2) is 5.13 Å². The Morgan fingerprint density at radius 3 is 2.48 bits per heavy atom. The first-order valence-corrected chi connectivity index (χ1v) is 11.1. The van der Waals surface area contributed by atoms with Crippen molar-refractivity contribution >= 4 is 33.8 Å². The van der Waals surface area contributed by atoms with Gasteiger partial charge < -0.3 is 16.0 Å². The Labute approximate surface area is 176 Å². The summed E-state index contributed by atoms with van der Waals surface area (Å²) in [7, 11) is 0. The lowest BCUT2D eigenvalue weighted by Crippen LogP contribution is -2.27. The van der Waals surface area contributed by atoms with Crippen LogP contribution in [-0.4, -0.2) is 24.0 Å². The summed E-state index contributed by atoms with van der Waals surface area (Å²) < 4.78 is 0. The summed E-state index contributed by atoms with van der Waals surface area (Å²) in [6.45, 7) is 6.04. The van der Waals surface area contributed by atoms with Gasteiger partial charge in [0.1, 0.15) is 5.69 Å². The molecule has 5 nitrogen and oxygen atoms in total. The number of anilines is 3.